The van der Waals surface area contributed by atoms with E-state index < -0.39 is 66.8 Å². The summed E-state index contributed by atoms with van der Waals surface area (Å²) in [6, 6.07) is 0. The van der Waals surface area contributed by atoms with Crippen LogP contribution in [-0.4, -0.2) is 100 Å². The molecule has 274 valence electrons. The molecule has 4 heterocycles. The Morgan fingerprint density at radius 3 is 2.62 bits per heavy atom. The molecule has 1 fully saturated rings. The predicted octanol–water partition coefficient (Wildman–Crippen LogP) is 2.74. The lowest BCUT2D eigenvalue weighted by molar-refractivity contribution is -0.290. The molecule has 0 aromatic carbocycles. The largest absolute Gasteiger partial charge is 0.456 e. The number of aliphatic hydroxyl groups excluding tert-OH is 2. The van der Waals surface area contributed by atoms with Gasteiger partial charge in [0.1, 0.15) is 23.9 Å². The second-order valence-corrected chi connectivity index (χ2v) is 13.9. The van der Waals surface area contributed by atoms with Crippen LogP contribution in [0.4, 0.5) is 0 Å². The molecule has 4 aliphatic rings. The number of aromatic nitrogens is 2. The quantitative estimate of drug-likeness (QED) is 0.120. The van der Waals surface area contributed by atoms with Crippen molar-refractivity contribution >= 4 is 24.0 Å². The molecule has 10 unspecified atom stereocenters. The lowest BCUT2D eigenvalue weighted by Gasteiger charge is -2.41. The van der Waals surface area contributed by atoms with Crippen LogP contribution in [0.25, 0.3) is 6.08 Å². The van der Waals surface area contributed by atoms with Crippen molar-refractivity contribution in [2.45, 2.75) is 89.6 Å². The van der Waals surface area contributed by atoms with Gasteiger partial charge in [-0.15, -0.1) is 0 Å². The summed E-state index contributed by atoms with van der Waals surface area (Å²) in [7, 11) is 3.25. The number of imidazole rings is 1. The van der Waals surface area contributed by atoms with Crippen LogP contribution in [0.2, 0.25) is 0 Å². The van der Waals surface area contributed by atoms with E-state index in [4.69, 9.17) is 33.2 Å². The molecular formula is C36H48N2O12. The van der Waals surface area contributed by atoms with Crippen LogP contribution >= 0.6 is 0 Å². The number of rotatable bonds is 10. The van der Waals surface area contributed by atoms with Crippen LogP contribution in [0, 0.1) is 23.7 Å². The van der Waals surface area contributed by atoms with Gasteiger partial charge in [0.25, 0.3) is 0 Å². The first-order chi connectivity index (χ1) is 23.7. The Labute approximate surface area is 291 Å². The summed E-state index contributed by atoms with van der Waals surface area (Å²) in [5.41, 5.74) is 0.587. The van der Waals surface area contributed by atoms with Crippen LogP contribution in [-0.2, 0) is 54.6 Å². The number of esters is 3. The summed E-state index contributed by atoms with van der Waals surface area (Å²) in [5, 5.41) is 20.4. The minimum absolute atomic E-state index is 0.0810. The molecule has 2 bridgehead atoms. The van der Waals surface area contributed by atoms with Crippen LogP contribution in [0.5, 0.6) is 0 Å². The summed E-state index contributed by atoms with van der Waals surface area (Å²) >= 11 is 0. The molecule has 0 spiro atoms. The third-order valence-corrected chi connectivity index (χ3v) is 10.0. The fourth-order valence-electron chi connectivity index (χ4n) is 7.20. The zero-order chi connectivity index (χ0) is 36.4. The minimum atomic E-state index is -1.70. The van der Waals surface area contributed by atoms with Crippen LogP contribution in [0.15, 0.2) is 54.1 Å². The SMILES string of the molecule is COC12C=CC(C)(O1)C(OC(=O)C=Cc1cn(C)cn1)CC1C(C)=CCC(C(C)C)C1C=C2C(=O)OCOC1OCC(O)C(O)C1OC(C)=O. The van der Waals surface area contributed by atoms with Crippen molar-refractivity contribution in [2.75, 3.05) is 20.5 Å². The highest BCUT2D eigenvalue weighted by Gasteiger charge is 2.55. The van der Waals surface area contributed by atoms with Gasteiger partial charge in [0, 0.05) is 33.4 Å². The van der Waals surface area contributed by atoms with E-state index >= 15 is 0 Å². The van der Waals surface area contributed by atoms with Crippen molar-refractivity contribution in [3.63, 3.8) is 0 Å². The maximum Gasteiger partial charge on any atom is 0.341 e. The van der Waals surface area contributed by atoms with E-state index in [1.54, 1.807) is 42.2 Å². The van der Waals surface area contributed by atoms with Crippen molar-refractivity contribution in [3.05, 3.63) is 59.7 Å². The van der Waals surface area contributed by atoms with E-state index in [9.17, 15) is 24.6 Å². The molecule has 0 radical (unpaired) electrons. The van der Waals surface area contributed by atoms with Crippen LogP contribution in [0.1, 0.15) is 53.2 Å². The van der Waals surface area contributed by atoms with E-state index in [0.717, 1.165) is 18.9 Å². The Kier molecular flexibility index (Phi) is 11.5. The topological polar surface area (TPSA) is 174 Å². The summed E-state index contributed by atoms with van der Waals surface area (Å²) in [6.07, 6.45) is 8.74. The number of fused-ring (bicyclic) bond motifs is 3. The molecule has 0 amide bonds. The number of ether oxygens (including phenoxy) is 7. The molecule has 14 heteroatoms. The normalized spacial score (nSPS) is 35.4. The number of nitrogens with zero attached hydrogens (tertiary/aromatic N) is 2. The van der Waals surface area contributed by atoms with Gasteiger partial charge in [-0.3, -0.25) is 4.79 Å². The first-order valence-corrected chi connectivity index (χ1v) is 16.8. The van der Waals surface area contributed by atoms with Gasteiger partial charge in [0.15, 0.2) is 12.9 Å². The number of carbonyl (C=O) groups excluding carboxylic acids is 3. The number of hydrogen-bond acceptors (Lipinski definition) is 13. The van der Waals surface area contributed by atoms with Gasteiger partial charge in [-0.2, -0.15) is 0 Å². The van der Waals surface area contributed by atoms with Gasteiger partial charge < -0.3 is 47.9 Å². The van der Waals surface area contributed by atoms with Gasteiger partial charge in [-0.05, 0) is 68.6 Å². The second-order valence-electron chi connectivity index (χ2n) is 13.9. The summed E-state index contributed by atoms with van der Waals surface area (Å²) in [6.45, 7) is 8.31. The molecule has 14 nitrogen and oxygen atoms in total. The number of allylic oxidation sites excluding steroid dienone is 3. The first kappa shape index (κ1) is 37.6. The Morgan fingerprint density at radius 1 is 1.20 bits per heavy atom. The molecular weight excluding hydrogens is 652 g/mol. The van der Waals surface area contributed by atoms with E-state index in [1.807, 2.05) is 20.0 Å². The number of hydrogen-bond donors (Lipinski definition) is 2. The predicted molar refractivity (Wildman–Crippen MR) is 176 cm³/mol. The zero-order valence-corrected chi connectivity index (χ0v) is 29.5. The van der Waals surface area contributed by atoms with Crippen molar-refractivity contribution in [3.8, 4) is 0 Å². The Hall–Kier alpha value is -3.66. The van der Waals surface area contributed by atoms with Crippen LogP contribution in [0.3, 0.4) is 0 Å². The Bertz CT molecular complexity index is 1550. The molecule has 3 aliphatic heterocycles. The molecule has 5 rings (SSSR count). The molecule has 1 saturated heterocycles. The van der Waals surface area contributed by atoms with Gasteiger partial charge in [0.05, 0.1) is 24.2 Å². The number of aryl methyl sites for hydroxylation is 1. The van der Waals surface area contributed by atoms with E-state index in [-0.39, 0.29) is 35.9 Å². The highest BCUT2D eigenvalue weighted by atomic mass is 16.8. The zero-order valence-electron chi connectivity index (χ0n) is 29.5. The Balaban J connectivity index is 1.43. The molecule has 10 atom stereocenters. The fraction of sp³-hybridized carbons (Fsp3) is 0.611. The second kappa shape index (κ2) is 15.3. The average molecular weight is 701 g/mol. The molecule has 1 aromatic heterocycles. The van der Waals surface area contributed by atoms with Crippen molar-refractivity contribution in [1.82, 2.24) is 9.55 Å². The third kappa shape index (κ3) is 7.95. The molecule has 2 N–H and O–H groups in total. The highest BCUT2D eigenvalue weighted by Crippen LogP contribution is 2.50. The van der Waals surface area contributed by atoms with E-state index in [0.29, 0.717) is 12.1 Å². The van der Waals surface area contributed by atoms with E-state index in [1.165, 1.54) is 13.2 Å². The fourth-order valence-corrected chi connectivity index (χ4v) is 7.20. The first-order valence-electron chi connectivity index (χ1n) is 16.8. The standard InChI is InChI=1S/C36H48N2O12/c1-20(2)24-10-8-21(3)25-15-29(49-30(41)11-9-23-16-38(6)18-37-23)35(5)12-13-36(44-7,50-35)27(14-26(24)25)33(43)46-19-47-34-32(48-22(4)39)31(42)28(40)17-45-34/h8-9,11-14,16,18,20,24-26,28-29,31-32,34,40,42H,10,15,17,19H2,1-7H3. The summed E-state index contributed by atoms with van der Waals surface area (Å²) in [5.74, 6) is -3.74. The molecule has 50 heavy (non-hydrogen) atoms. The van der Waals surface area contributed by atoms with Crippen LogP contribution < -0.4 is 0 Å². The Morgan fingerprint density at radius 2 is 1.96 bits per heavy atom. The number of carbonyl (C=O) groups is 3. The lowest BCUT2D eigenvalue weighted by atomic mass is 9.65. The molecule has 1 aliphatic carbocycles. The number of aliphatic hydroxyl groups is 2. The van der Waals surface area contributed by atoms with Gasteiger partial charge >= 0.3 is 17.9 Å². The van der Waals surface area contributed by atoms with Crippen molar-refractivity contribution in [2.24, 2.45) is 30.7 Å². The smallest absolute Gasteiger partial charge is 0.341 e. The lowest BCUT2D eigenvalue weighted by Crippen LogP contribution is -2.55. The van der Waals surface area contributed by atoms with Crippen molar-refractivity contribution < 1.29 is 57.8 Å². The molecule has 1 aromatic rings. The maximum atomic E-state index is 14.1. The van der Waals surface area contributed by atoms with E-state index in [2.05, 4.69) is 24.9 Å². The summed E-state index contributed by atoms with van der Waals surface area (Å²) in [4.78, 5) is 43.2. The van der Waals surface area contributed by atoms with Gasteiger partial charge in [-0.25, -0.2) is 14.6 Å². The van der Waals surface area contributed by atoms with Gasteiger partial charge in [0.2, 0.25) is 12.1 Å². The summed E-state index contributed by atoms with van der Waals surface area (Å²) < 4.78 is 42.3. The minimum Gasteiger partial charge on any atom is -0.456 e. The monoisotopic (exact) mass is 700 g/mol. The van der Waals surface area contributed by atoms with Gasteiger partial charge in [-0.1, -0.05) is 31.6 Å². The molecule has 0 saturated carbocycles. The maximum absolute atomic E-state index is 14.1. The number of methoxy groups -OCH3 is 1. The average Bonchev–Trinajstić information content (AvgIpc) is 3.66. The van der Waals surface area contributed by atoms with Crippen molar-refractivity contribution in [1.29, 1.82) is 0 Å². The highest BCUT2D eigenvalue weighted by molar-refractivity contribution is 5.91. The third-order valence-electron chi connectivity index (χ3n) is 10.0.